The van der Waals surface area contributed by atoms with Gasteiger partial charge in [-0.1, -0.05) is 42.5 Å². The standard InChI is InChI=1S/C18H16N2O2/c1-12-9-10-16(17(21)11-12)20-18(22)19-15-8-4-6-13-5-2-3-7-14(13)15/h2-11,21H,1H3,(H2,19,20,22). The lowest BCUT2D eigenvalue weighted by atomic mass is 10.1. The van der Waals surface area contributed by atoms with Crippen LogP contribution in [-0.4, -0.2) is 11.1 Å². The summed E-state index contributed by atoms with van der Waals surface area (Å²) >= 11 is 0. The van der Waals surface area contributed by atoms with E-state index in [9.17, 15) is 9.90 Å². The van der Waals surface area contributed by atoms with Crippen molar-refractivity contribution >= 4 is 28.2 Å². The first kappa shape index (κ1) is 13.9. The maximum Gasteiger partial charge on any atom is 0.323 e. The van der Waals surface area contributed by atoms with Gasteiger partial charge in [0, 0.05) is 5.39 Å². The summed E-state index contributed by atoms with van der Waals surface area (Å²) in [6.07, 6.45) is 0. The molecule has 0 radical (unpaired) electrons. The lowest BCUT2D eigenvalue weighted by Gasteiger charge is -2.11. The summed E-state index contributed by atoms with van der Waals surface area (Å²) < 4.78 is 0. The predicted molar refractivity (Wildman–Crippen MR) is 89.4 cm³/mol. The number of fused-ring (bicyclic) bond motifs is 1. The predicted octanol–water partition coefficient (Wildman–Crippen LogP) is 4.50. The van der Waals surface area contributed by atoms with Gasteiger partial charge in [-0.3, -0.25) is 0 Å². The number of urea groups is 1. The van der Waals surface area contributed by atoms with Crippen molar-refractivity contribution < 1.29 is 9.90 Å². The van der Waals surface area contributed by atoms with E-state index in [-0.39, 0.29) is 5.75 Å². The molecule has 2 amide bonds. The minimum absolute atomic E-state index is 0.0491. The number of carbonyl (C=O) groups is 1. The van der Waals surface area contributed by atoms with Crippen molar-refractivity contribution in [1.29, 1.82) is 0 Å². The molecule has 22 heavy (non-hydrogen) atoms. The molecule has 3 N–H and O–H groups in total. The van der Waals surface area contributed by atoms with Gasteiger partial charge in [0.2, 0.25) is 0 Å². The van der Waals surface area contributed by atoms with E-state index in [4.69, 9.17) is 0 Å². The summed E-state index contributed by atoms with van der Waals surface area (Å²) in [5, 5.41) is 17.3. The third-order valence-corrected chi connectivity index (χ3v) is 3.44. The number of anilines is 2. The van der Waals surface area contributed by atoms with Gasteiger partial charge in [0.15, 0.2) is 0 Å². The number of hydrogen-bond donors (Lipinski definition) is 3. The summed E-state index contributed by atoms with van der Waals surface area (Å²) in [6.45, 7) is 1.87. The van der Waals surface area contributed by atoms with Crippen LogP contribution >= 0.6 is 0 Å². The van der Waals surface area contributed by atoms with Crippen LogP contribution in [-0.2, 0) is 0 Å². The Balaban J connectivity index is 1.81. The molecule has 3 aromatic carbocycles. The molecule has 0 fully saturated rings. The molecule has 0 aliphatic heterocycles. The smallest absolute Gasteiger partial charge is 0.323 e. The zero-order valence-electron chi connectivity index (χ0n) is 12.1. The van der Waals surface area contributed by atoms with Crippen LogP contribution in [0.5, 0.6) is 5.75 Å². The topological polar surface area (TPSA) is 61.4 Å². The molecular weight excluding hydrogens is 276 g/mol. The number of hydrogen-bond acceptors (Lipinski definition) is 2. The minimum Gasteiger partial charge on any atom is -0.506 e. The van der Waals surface area contributed by atoms with Crippen molar-refractivity contribution in [2.75, 3.05) is 10.6 Å². The molecule has 0 saturated carbocycles. The second-order valence-electron chi connectivity index (χ2n) is 5.13. The fourth-order valence-corrected chi connectivity index (χ4v) is 2.36. The van der Waals surface area contributed by atoms with Crippen molar-refractivity contribution in [3.63, 3.8) is 0 Å². The van der Waals surface area contributed by atoms with E-state index in [0.717, 1.165) is 22.0 Å². The molecule has 4 heteroatoms. The SMILES string of the molecule is Cc1ccc(NC(=O)Nc2cccc3ccccc23)c(O)c1. The van der Waals surface area contributed by atoms with Gasteiger partial charge in [-0.2, -0.15) is 0 Å². The number of aryl methyl sites for hydroxylation is 1. The number of nitrogens with one attached hydrogen (secondary N) is 2. The summed E-state index contributed by atoms with van der Waals surface area (Å²) in [5.41, 5.74) is 2.03. The second-order valence-corrected chi connectivity index (χ2v) is 5.13. The summed E-state index contributed by atoms with van der Waals surface area (Å²) in [6, 6.07) is 18.3. The van der Waals surface area contributed by atoms with Crippen LogP contribution in [0.3, 0.4) is 0 Å². The highest BCUT2D eigenvalue weighted by molar-refractivity contribution is 6.06. The van der Waals surface area contributed by atoms with Crippen LogP contribution < -0.4 is 10.6 Å². The summed E-state index contributed by atoms with van der Waals surface area (Å²) in [7, 11) is 0. The molecule has 0 spiro atoms. The number of aromatic hydroxyl groups is 1. The molecule has 0 atom stereocenters. The first-order valence-electron chi connectivity index (χ1n) is 6.99. The maximum atomic E-state index is 12.1. The molecule has 3 rings (SSSR count). The molecule has 0 heterocycles. The van der Waals surface area contributed by atoms with Gasteiger partial charge in [-0.25, -0.2) is 4.79 Å². The Bertz CT molecular complexity index is 838. The van der Waals surface area contributed by atoms with Gasteiger partial charge < -0.3 is 15.7 Å². The number of rotatable bonds is 2. The highest BCUT2D eigenvalue weighted by atomic mass is 16.3. The maximum absolute atomic E-state index is 12.1. The lowest BCUT2D eigenvalue weighted by molar-refractivity contribution is 0.262. The van der Waals surface area contributed by atoms with Crippen LogP contribution in [0.25, 0.3) is 10.8 Å². The average Bonchev–Trinajstić information content (AvgIpc) is 2.50. The molecule has 0 saturated heterocycles. The Morgan fingerprint density at radius 2 is 1.64 bits per heavy atom. The van der Waals surface area contributed by atoms with E-state index in [1.54, 1.807) is 12.1 Å². The fraction of sp³-hybridized carbons (Fsp3) is 0.0556. The fourth-order valence-electron chi connectivity index (χ4n) is 2.36. The molecule has 3 aromatic rings. The van der Waals surface area contributed by atoms with Gasteiger partial charge in [0.05, 0.1) is 11.4 Å². The van der Waals surface area contributed by atoms with E-state index in [2.05, 4.69) is 10.6 Å². The Kier molecular flexibility index (Phi) is 3.66. The molecule has 0 aliphatic carbocycles. The van der Waals surface area contributed by atoms with Gasteiger partial charge in [0.25, 0.3) is 0 Å². The Labute approximate surface area is 128 Å². The number of phenols is 1. The van der Waals surface area contributed by atoms with Gasteiger partial charge >= 0.3 is 6.03 Å². The van der Waals surface area contributed by atoms with Crippen molar-refractivity contribution in [1.82, 2.24) is 0 Å². The number of amides is 2. The van der Waals surface area contributed by atoms with Crippen molar-refractivity contribution in [2.45, 2.75) is 6.92 Å². The van der Waals surface area contributed by atoms with E-state index in [1.807, 2.05) is 55.5 Å². The Hall–Kier alpha value is -3.01. The van der Waals surface area contributed by atoms with Crippen LogP contribution in [0, 0.1) is 6.92 Å². The highest BCUT2D eigenvalue weighted by Gasteiger charge is 2.08. The molecule has 0 unspecified atom stereocenters. The molecule has 0 aromatic heterocycles. The third-order valence-electron chi connectivity index (χ3n) is 3.44. The van der Waals surface area contributed by atoms with Crippen molar-refractivity contribution in [3.8, 4) is 5.75 Å². The first-order chi connectivity index (χ1) is 10.6. The molecule has 4 nitrogen and oxygen atoms in total. The van der Waals surface area contributed by atoms with Crippen molar-refractivity contribution in [3.05, 3.63) is 66.2 Å². The number of benzene rings is 3. The second kappa shape index (κ2) is 5.77. The van der Waals surface area contributed by atoms with E-state index < -0.39 is 6.03 Å². The number of phenolic OH excluding ortho intramolecular Hbond substituents is 1. The van der Waals surface area contributed by atoms with Crippen LogP contribution in [0.4, 0.5) is 16.2 Å². The third kappa shape index (κ3) is 2.86. The number of carbonyl (C=O) groups excluding carboxylic acids is 1. The normalized spacial score (nSPS) is 10.4. The van der Waals surface area contributed by atoms with Gasteiger partial charge in [-0.05, 0) is 36.1 Å². The molecule has 0 aliphatic rings. The Morgan fingerprint density at radius 1 is 0.909 bits per heavy atom. The monoisotopic (exact) mass is 292 g/mol. The molecule has 0 bridgehead atoms. The van der Waals surface area contributed by atoms with E-state index in [1.165, 1.54) is 0 Å². The quantitative estimate of drug-likeness (QED) is 0.609. The lowest BCUT2D eigenvalue weighted by Crippen LogP contribution is -2.19. The van der Waals surface area contributed by atoms with Crippen LogP contribution in [0.2, 0.25) is 0 Å². The minimum atomic E-state index is -0.393. The summed E-state index contributed by atoms with van der Waals surface area (Å²) in [4.78, 5) is 12.1. The van der Waals surface area contributed by atoms with Crippen molar-refractivity contribution in [2.24, 2.45) is 0 Å². The summed E-state index contributed by atoms with van der Waals surface area (Å²) in [5.74, 6) is 0.0491. The van der Waals surface area contributed by atoms with Gasteiger partial charge in [0.1, 0.15) is 5.75 Å². The largest absolute Gasteiger partial charge is 0.506 e. The zero-order valence-corrected chi connectivity index (χ0v) is 12.1. The first-order valence-corrected chi connectivity index (χ1v) is 6.99. The van der Waals surface area contributed by atoms with E-state index in [0.29, 0.717) is 5.69 Å². The Morgan fingerprint density at radius 3 is 2.45 bits per heavy atom. The highest BCUT2D eigenvalue weighted by Crippen LogP contribution is 2.25. The van der Waals surface area contributed by atoms with E-state index >= 15 is 0 Å². The zero-order chi connectivity index (χ0) is 15.5. The van der Waals surface area contributed by atoms with Crippen LogP contribution in [0.1, 0.15) is 5.56 Å². The van der Waals surface area contributed by atoms with Gasteiger partial charge in [-0.15, -0.1) is 0 Å². The molecular formula is C18H16N2O2. The van der Waals surface area contributed by atoms with Crippen LogP contribution in [0.15, 0.2) is 60.7 Å². The average molecular weight is 292 g/mol. The molecule has 110 valence electrons.